The van der Waals surface area contributed by atoms with Gasteiger partial charge in [0.15, 0.2) is 0 Å². The molecule has 0 fully saturated rings. The van der Waals surface area contributed by atoms with E-state index in [-0.39, 0.29) is 0 Å². The van der Waals surface area contributed by atoms with E-state index < -0.39 is 0 Å². The summed E-state index contributed by atoms with van der Waals surface area (Å²) in [4.78, 5) is 11.1. The molecule has 0 aliphatic carbocycles. The molecule has 0 aliphatic rings. The molecular formula is C16H28BN3O. The van der Waals surface area contributed by atoms with Gasteiger partial charge in [-0.15, -0.1) is 0 Å². The van der Waals surface area contributed by atoms with Crippen LogP contribution in [0.2, 0.25) is 0 Å². The number of aliphatic imine (C=N–C) groups is 1. The third-order valence-electron chi connectivity index (χ3n) is 3.39. The van der Waals surface area contributed by atoms with E-state index >= 15 is 0 Å². The molecule has 0 aromatic carbocycles. The fraction of sp³-hybridized carbons (Fsp3) is 0.625. The molecule has 0 bridgehead atoms. The number of hydrogen-bond acceptors (Lipinski definition) is 3. The molecule has 0 radical (unpaired) electrons. The quantitative estimate of drug-likeness (QED) is 0.318. The van der Waals surface area contributed by atoms with Gasteiger partial charge in [-0.05, 0) is 44.1 Å². The standard InChI is InChI=1S/C16H28BN3O/c1-6-20(5)11-18-15-10-14(17)16(19-13(15)4)21-9-7-8-12(2)3/h10-12H,6-9,17H2,1-5H3/b18-11+. The number of aryl methyl sites for hydroxylation is 1. The molecular weight excluding hydrogens is 261 g/mol. The van der Waals surface area contributed by atoms with Crippen molar-refractivity contribution in [3.05, 3.63) is 11.8 Å². The number of pyridine rings is 1. The van der Waals surface area contributed by atoms with Crippen molar-refractivity contribution in [2.24, 2.45) is 10.9 Å². The van der Waals surface area contributed by atoms with Crippen LogP contribution in [0.3, 0.4) is 0 Å². The molecule has 1 aromatic heterocycles. The molecule has 1 heterocycles. The minimum Gasteiger partial charge on any atom is -0.478 e. The fourth-order valence-electron chi connectivity index (χ4n) is 1.85. The second-order valence-electron chi connectivity index (χ2n) is 5.92. The van der Waals surface area contributed by atoms with Crippen LogP contribution in [0, 0.1) is 12.8 Å². The SMILES string of the molecule is Bc1cc(/N=C/N(C)CC)c(C)nc1OCCCC(C)C. The highest BCUT2D eigenvalue weighted by Crippen LogP contribution is 2.18. The van der Waals surface area contributed by atoms with Crippen LogP contribution in [0.15, 0.2) is 11.1 Å². The van der Waals surface area contributed by atoms with Gasteiger partial charge in [-0.3, -0.25) is 0 Å². The Labute approximate surface area is 130 Å². The Morgan fingerprint density at radius 3 is 2.81 bits per heavy atom. The Hall–Kier alpha value is -1.52. The van der Waals surface area contributed by atoms with Crippen LogP contribution in [0.5, 0.6) is 5.88 Å². The maximum Gasteiger partial charge on any atom is 0.206 e. The molecule has 4 nitrogen and oxygen atoms in total. The Morgan fingerprint density at radius 1 is 1.48 bits per heavy atom. The Morgan fingerprint density at radius 2 is 2.19 bits per heavy atom. The van der Waals surface area contributed by atoms with Gasteiger partial charge in [0.05, 0.1) is 24.3 Å². The van der Waals surface area contributed by atoms with Crippen LogP contribution in [-0.2, 0) is 0 Å². The van der Waals surface area contributed by atoms with Crippen LogP contribution >= 0.6 is 0 Å². The first-order valence-corrected chi connectivity index (χ1v) is 7.79. The lowest BCUT2D eigenvalue weighted by molar-refractivity contribution is 0.289. The predicted molar refractivity (Wildman–Crippen MR) is 93.2 cm³/mol. The summed E-state index contributed by atoms with van der Waals surface area (Å²) in [6, 6.07) is 2.04. The Bertz CT molecular complexity index is 475. The van der Waals surface area contributed by atoms with Crippen molar-refractivity contribution in [3.8, 4) is 5.88 Å². The molecule has 1 rings (SSSR count). The molecule has 0 N–H and O–H groups in total. The molecule has 0 spiro atoms. The number of nitrogens with zero attached hydrogens (tertiary/aromatic N) is 3. The molecule has 21 heavy (non-hydrogen) atoms. The molecule has 0 saturated carbocycles. The van der Waals surface area contributed by atoms with E-state index in [9.17, 15) is 0 Å². The average Bonchev–Trinajstić information content (AvgIpc) is 2.44. The zero-order valence-electron chi connectivity index (χ0n) is 14.3. The summed E-state index contributed by atoms with van der Waals surface area (Å²) >= 11 is 0. The third-order valence-corrected chi connectivity index (χ3v) is 3.39. The van der Waals surface area contributed by atoms with Gasteiger partial charge >= 0.3 is 0 Å². The third kappa shape index (κ3) is 6.19. The van der Waals surface area contributed by atoms with Crippen molar-refractivity contribution < 1.29 is 4.74 Å². The van der Waals surface area contributed by atoms with Crippen molar-refractivity contribution in [2.75, 3.05) is 20.2 Å². The lowest BCUT2D eigenvalue weighted by Crippen LogP contribution is -2.15. The fourth-order valence-corrected chi connectivity index (χ4v) is 1.85. The van der Waals surface area contributed by atoms with Gasteiger partial charge in [0.1, 0.15) is 7.85 Å². The highest BCUT2D eigenvalue weighted by molar-refractivity contribution is 6.34. The number of ether oxygens (including phenoxy) is 1. The summed E-state index contributed by atoms with van der Waals surface area (Å²) in [6.07, 6.45) is 4.09. The van der Waals surface area contributed by atoms with Crippen molar-refractivity contribution in [1.29, 1.82) is 0 Å². The van der Waals surface area contributed by atoms with Crippen LogP contribution < -0.4 is 10.2 Å². The van der Waals surface area contributed by atoms with Gasteiger partial charge in [0.25, 0.3) is 0 Å². The second-order valence-corrected chi connectivity index (χ2v) is 5.92. The van der Waals surface area contributed by atoms with Crippen molar-refractivity contribution >= 4 is 25.3 Å². The van der Waals surface area contributed by atoms with E-state index in [1.807, 2.05) is 39.1 Å². The van der Waals surface area contributed by atoms with E-state index in [1.165, 1.54) is 6.42 Å². The van der Waals surface area contributed by atoms with E-state index in [0.29, 0.717) is 0 Å². The minimum atomic E-state index is 0.719. The first-order chi connectivity index (χ1) is 9.93. The van der Waals surface area contributed by atoms with E-state index in [4.69, 9.17) is 4.74 Å². The lowest BCUT2D eigenvalue weighted by atomic mass is 9.96. The lowest BCUT2D eigenvalue weighted by Gasteiger charge is -2.12. The van der Waals surface area contributed by atoms with Crippen LogP contribution in [-0.4, -0.2) is 44.3 Å². The Kier molecular flexibility index (Phi) is 7.27. The smallest absolute Gasteiger partial charge is 0.206 e. The van der Waals surface area contributed by atoms with Crippen molar-refractivity contribution in [1.82, 2.24) is 9.88 Å². The van der Waals surface area contributed by atoms with Gasteiger partial charge in [-0.1, -0.05) is 13.8 Å². The summed E-state index contributed by atoms with van der Waals surface area (Å²) in [6.45, 7) is 10.2. The summed E-state index contributed by atoms with van der Waals surface area (Å²) in [5.41, 5.74) is 2.85. The largest absolute Gasteiger partial charge is 0.478 e. The number of hydrogen-bond donors (Lipinski definition) is 0. The zero-order chi connectivity index (χ0) is 15.8. The highest BCUT2D eigenvalue weighted by atomic mass is 16.5. The molecule has 1 aromatic rings. The van der Waals surface area contributed by atoms with Gasteiger partial charge in [0, 0.05) is 13.6 Å². The maximum atomic E-state index is 5.80. The number of aromatic nitrogens is 1. The maximum absolute atomic E-state index is 5.80. The normalized spacial score (nSPS) is 11.3. The van der Waals surface area contributed by atoms with Gasteiger partial charge in [0.2, 0.25) is 5.88 Å². The summed E-state index contributed by atoms with van der Waals surface area (Å²) in [5.74, 6) is 1.45. The summed E-state index contributed by atoms with van der Waals surface area (Å²) in [5, 5.41) is 0. The van der Waals surface area contributed by atoms with Crippen LogP contribution in [0.1, 0.15) is 39.3 Å². The molecule has 0 aliphatic heterocycles. The monoisotopic (exact) mass is 289 g/mol. The summed E-state index contributed by atoms with van der Waals surface area (Å²) < 4.78 is 5.80. The van der Waals surface area contributed by atoms with Crippen LogP contribution in [0.25, 0.3) is 0 Å². The molecule has 5 heteroatoms. The molecule has 0 amide bonds. The Balaban J connectivity index is 2.68. The first-order valence-electron chi connectivity index (χ1n) is 7.79. The molecule has 0 saturated heterocycles. The van der Waals surface area contributed by atoms with E-state index in [1.54, 1.807) is 0 Å². The first kappa shape index (κ1) is 17.5. The topological polar surface area (TPSA) is 37.7 Å². The van der Waals surface area contributed by atoms with E-state index in [0.717, 1.165) is 48.2 Å². The number of rotatable bonds is 8. The van der Waals surface area contributed by atoms with Crippen LogP contribution in [0.4, 0.5) is 5.69 Å². The van der Waals surface area contributed by atoms with E-state index in [2.05, 4.69) is 30.7 Å². The predicted octanol–water partition coefficient (Wildman–Crippen LogP) is 2.07. The van der Waals surface area contributed by atoms with Gasteiger partial charge < -0.3 is 9.64 Å². The zero-order valence-corrected chi connectivity index (χ0v) is 14.3. The molecule has 0 atom stereocenters. The molecule has 116 valence electrons. The van der Waals surface area contributed by atoms with Gasteiger partial charge in [-0.25, -0.2) is 9.98 Å². The second kappa shape index (κ2) is 8.70. The average molecular weight is 289 g/mol. The minimum absolute atomic E-state index is 0.719. The van der Waals surface area contributed by atoms with Crippen molar-refractivity contribution in [3.63, 3.8) is 0 Å². The summed E-state index contributed by atoms with van der Waals surface area (Å²) in [7, 11) is 4.03. The van der Waals surface area contributed by atoms with Gasteiger partial charge in [-0.2, -0.15) is 0 Å². The van der Waals surface area contributed by atoms with Crippen molar-refractivity contribution in [2.45, 2.75) is 40.5 Å². The molecule has 0 unspecified atom stereocenters. The highest BCUT2D eigenvalue weighted by Gasteiger charge is 2.07.